The molecule has 2 saturated heterocycles. The number of likely N-dealkylation sites (N-methyl/N-ethyl adjacent to an activating group) is 1. The molecule has 1 aromatic carbocycles. The van der Waals surface area contributed by atoms with Crippen LogP contribution in [0.1, 0.15) is 51.5 Å². The number of allylic oxidation sites excluding steroid dienone is 1. The number of benzene rings is 1. The molecule has 2 aliphatic heterocycles. The first kappa shape index (κ1) is 32.5. The molecule has 0 bridgehead atoms. The van der Waals surface area contributed by atoms with E-state index in [9.17, 15) is 24.0 Å². The van der Waals surface area contributed by atoms with Crippen molar-refractivity contribution in [2.75, 3.05) is 26.7 Å². The van der Waals surface area contributed by atoms with E-state index in [4.69, 9.17) is 10.5 Å². The van der Waals surface area contributed by atoms with Crippen LogP contribution < -0.4 is 21.3 Å². The molecule has 12 heteroatoms. The molecule has 2 aliphatic rings. The van der Waals surface area contributed by atoms with Crippen molar-refractivity contribution < 1.29 is 29.1 Å². The Labute approximate surface area is 246 Å². The van der Waals surface area contributed by atoms with Crippen LogP contribution in [-0.4, -0.2) is 89.9 Å². The highest BCUT2D eigenvalue weighted by Gasteiger charge is 2.41. The van der Waals surface area contributed by atoms with Gasteiger partial charge in [-0.2, -0.15) is 0 Å². The smallest absolute Gasteiger partial charge is 0.288 e. The highest BCUT2D eigenvalue weighted by Crippen LogP contribution is 2.32. The molecule has 3 unspecified atom stereocenters. The predicted molar refractivity (Wildman–Crippen MR) is 158 cm³/mol. The summed E-state index contributed by atoms with van der Waals surface area (Å²) in [6.45, 7) is 6.18. The largest absolute Gasteiger partial charge is 0.597 e. The molecule has 12 nitrogen and oxygen atoms in total. The summed E-state index contributed by atoms with van der Waals surface area (Å²) in [6, 6.07) is 7.59. The molecule has 42 heavy (non-hydrogen) atoms. The molecule has 2 heterocycles. The Bertz CT molecular complexity index is 1210. The van der Waals surface area contributed by atoms with Crippen molar-refractivity contribution in [3.05, 3.63) is 47.7 Å². The van der Waals surface area contributed by atoms with Gasteiger partial charge in [-0.05, 0) is 30.7 Å². The standard InChI is InChI=1S/C30H42N6O6/c1-17(2)25(35-28(40)23(31)12-18(3)37)30(42)36-16-21(19-8-6-5-7-9-19)13-22(36)15-34-24(26(38)29(41)32-4)14-20-10-11-33-27(20)39/h5-9,12,17,20-22,24-25,31,34,37H,10-11,13-16H2,1-4H3,(H,32,41)(H,33,39)(H,35,40)/p+1/b18-12-,31-23?/t20-,21?,22?,24-,25?/m0/s1. The number of nitrogens with one attached hydrogen (secondary N) is 5. The number of hydrogen-bond donors (Lipinski definition) is 5. The summed E-state index contributed by atoms with van der Waals surface area (Å²) in [7, 11) is 1.38. The third-order valence-electron chi connectivity index (χ3n) is 7.84. The van der Waals surface area contributed by atoms with Crippen molar-refractivity contribution >= 4 is 35.1 Å². The maximum Gasteiger partial charge on any atom is 0.288 e. The predicted octanol–water partition coefficient (Wildman–Crippen LogP) is -0.0404. The fourth-order valence-corrected chi connectivity index (χ4v) is 5.54. The minimum Gasteiger partial charge on any atom is -0.597 e. The van der Waals surface area contributed by atoms with E-state index in [0.717, 1.165) is 11.6 Å². The maximum absolute atomic E-state index is 14.0. The van der Waals surface area contributed by atoms with Crippen LogP contribution in [0.15, 0.2) is 42.2 Å². The summed E-state index contributed by atoms with van der Waals surface area (Å²) < 4.78 is 0. The van der Waals surface area contributed by atoms with E-state index in [2.05, 4.69) is 21.3 Å². The first-order valence-electron chi connectivity index (χ1n) is 14.3. The van der Waals surface area contributed by atoms with Gasteiger partial charge in [0.1, 0.15) is 11.8 Å². The van der Waals surface area contributed by atoms with Crippen molar-refractivity contribution in [1.82, 2.24) is 26.2 Å². The number of nitrogens with zero attached hydrogens (tertiary/aromatic N) is 1. The first-order chi connectivity index (χ1) is 19.9. The topological polar surface area (TPSA) is 183 Å². The third kappa shape index (κ3) is 8.25. The van der Waals surface area contributed by atoms with Crippen LogP contribution in [0.2, 0.25) is 0 Å². The monoisotopic (exact) mass is 583 g/mol. The molecule has 4 amide bonds. The van der Waals surface area contributed by atoms with Gasteiger partial charge in [-0.1, -0.05) is 44.2 Å². The lowest BCUT2D eigenvalue weighted by molar-refractivity contribution is -0.139. The highest BCUT2D eigenvalue weighted by atomic mass is 16.3. The lowest BCUT2D eigenvalue weighted by atomic mass is 9.94. The second-order valence-electron chi connectivity index (χ2n) is 11.3. The zero-order valence-corrected chi connectivity index (χ0v) is 24.7. The summed E-state index contributed by atoms with van der Waals surface area (Å²) >= 11 is 0. The van der Waals surface area contributed by atoms with Gasteiger partial charge in [0.2, 0.25) is 23.4 Å². The fraction of sp³-hybridized carbons (Fsp3) is 0.533. The van der Waals surface area contributed by atoms with Gasteiger partial charge in [0, 0.05) is 51.5 Å². The number of amides is 4. The molecule has 7 N–H and O–H groups in total. The van der Waals surface area contributed by atoms with Gasteiger partial charge < -0.3 is 31.3 Å². The normalized spacial score (nSPS) is 21.9. The van der Waals surface area contributed by atoms with Crippen molar-refractivity contribution in [2.24, 2.45) is 11.8 Å². The Morgan fingerprint density at radius 1 is 1.17 bits per heavy atom. The van der Waals surface area contributed by atoms with Crippen LogP contribution in [0, 0.1) is 17.2 Å². The van der Waals surface area contributed by atoms with Gasteiger partial charge >= 0.3 is 0 Å². The fourth-order valence-electron chi connectivity index (χ4n) is 5.54. The van der Waals surface area contributed by atoms with Crippen molar-refractivity contribution in [1.29, 1.82) is 5.41 Å². The number of carbonyl (C=O) groups excluding carboxylic acids is 5. The highest BCUT2D eigenvalue weighted by molar-refractivity contribution is 6.42. The molecule has 0 aromatic heterocycles. The van der Waals surface area contributed by atoms with Gasteiger partial charge in [-0.3, -0.25) is 29.4 Å². The zero-order chi connectivity index (χ0) is 31.0. The second-order valence-corrected chi connectivity index (χ2v) is 11.3. The average Bonchev–Trinajstić information content (AvgIpc) is 3.58. The van der Waals surface area contributed by atoms with E-state index in [1.165, 1.54) is 14.0 Å². The lowest BCUT2D eigenvalue weighted by Crippen LogP contribution is -2.56. The molecule has 5 atom stereocenters. The van der Waals surface area contributed by atoms with Gasteiger partial charge in [-0.15, -0.1) is 0 Å². The van der Waals surface area contributed by atoms with Crippen molar-refractivity contribution in [3.63, 3.8) is 0 Å². The minimum atomic E-state index is -0.917. The molecule has 228 valence electrons. The van der Waals surface area contributed by atoms with Gasteiger partial charge in [0.15, 0.2) is 0 Å². The Morgan fingerprint density at radius 2 is 1.86 bits per heavy atom. The summed E-state index contributed by atoms with van der Waals surface area (Å²) in [5.74, 6) is -3.26. The molecular formula is C30H43N6O6+. The van der Waals surface area contributed by atoms with Crippen LogP contribution in [-0.2, 0) is 24.0 Å². The first-order valence-corrected chi connectivity index (χ1v) is 14.3. The van der Waals surface area contributed by atoms with Crippen LogP contribution in [0.3, 0.4) is 0 Å². The van der Waals surface area contributed by atoms with E-state index >= 15 is 0 Å². The quantitative estimate of drug-likeness (QED) is 0.0939. The van der Waals surface area contributed by atoms with Crippen LogP contribution in [0.4, 0.5) is 0 Å². The van der Waals surface area contributed by atoms with Gasteiger partial charge in [0.05, 0.1) is 12.1 Å². The van der Waals surface area contributed by atoms with Gasteiger partial charge in [0.25, 0.3) is 11.8 Å². The number of carbonyl (C=O) groups is 5. The number of ketones is 1. The van der Waals surface area contributed by atoms with E-state index in [1.54, 1.807) is 18.7 Å². The lowest BCUT2D eigenvalue weighted by Gasteiger charge is -2.32. The van der Waals surface area contributed by atoms with Crippen LogP contribution in [0.5, 0.6) is 0 Å². The summed E-state index contributed by atoms with van der Waals surface area (Å²) in [5.41, 5.74) is 0.649. The van der Waals surface area contributed by atoms with E-state index in [-0.39, 0.29) is 48.4 Å². The molecule has 3 rings (SSSR count). The Balaban J connectivity index is 1.84. The number of hydrogen-bond acceptors (Lipinski definition) is 7. The zero-order valence-electron chi connectivity index (χ0n) is 24.7. The van der Waals surface area contributed by atoms with Crippen LogP contribution in [0.25, 0.3) is 0 Å². The number of rotatable bonds is 13. The van der Waals surface area contributed by atoms with Crippen molar-refractivity contribution in [2.45, 2.75) is 64.1 Å². The summed E-state index contributed by atoms with van der Waals surface area (Å²) in [6.07, 6.45) is 2.45. The summed E-state index contributed by atoms with van der Waals surface area (Å²) in [4.78, 5) is 65.9. The molecule has 0 spiro atoms. The number of Topliss-reactive ketones (excluding diaryl/α,β-unsaturated/α-hetero) is 1. The molecule has 1 aromatic rings. The summed E-state index contributed by atoms with van der Waals surface area (Å²) in [5, 5.41) is 26.5. The van der Waals surface area contributed by atoms with E-state index in [1.807, 2.05) is 30.3 Å². The van der Waals surface area contributed by atoms with Gasteiger partial charge in [-0.25, -0.2) is 0 Å². The molecule has 0 saturated carbocycles. The number of likely N-dealkylation sites (tertiary alicyclic amines) is 1. The van der Waals surface area contributed by atoms with Crippen molar-refractivity contribution in [3.8, 4) is 0 Å². The van der Waals surface area contributed by atoms with Crippen LogP contribution >= 0.6 is 0 Å². The minimum absolute atomic E-state index is 0.00589. The Morgan fingerprint density at radius 3 is 2.43 bits per heavy atom. The Kier molecular flexibility index (Phi) is 11.4. The molecule has 0 radical (unpaired) electrons. The Hall–Kier alpha value is -4.06. The molecular weight excluding hydrogens is 540 g/mol. The maximum atomic E-state index is 14.0. The average molecular weight is 584 g/mol. The van der Waals surface area contributed by atoms with E-state index in [0.29, 0.717) is 25.9 Å². The second kappa shape index (κ2) is 14.7. The third-order valence-corrected chi connectivity index (χ3v) is 7.84. The van der Waals surface area contributed by atoms with E-state index < -0.39 is 41.3 Å². The molecule has 0 aliphatic carbocycles. The SMILES string of the molecule is CNC(=O)C(=O)[C@H](C[C@@H]1CCNC1=O)NCC1CC(c2ccccc2)CN1C(=O)C(NC(=O)C(=N)/C=C(/C)[OH2+])C(C)C. The molecule has 2 fully saturated rings.